The molecule has 2 aromatic carbocycles. The molecule has 2 saturated heterocycles. The maximum absolute atomic E-state index is 13.7. The van der Waals surface area contributed by atoms with E-state index in [1.807, 2.05) is 17.0 Å². The van der Waals surface area contributed by atoms with Crippen LogP contribution in [0.2, 0.25) is 0 Å². The first-order valence-corrected chi connectivity index (χ1v) is 12.3. The second-order valence-electron chi connectivity index (χ2n) is 10.2. The highest BCUT2D eigenvalue weighted by Gasteiger charge is 2.53. The summed E-state index contributed by atoms with van der Waals surface area (Å²) in [6, 6.07) is 16.0. The van der Waals surface area contributed by atoms with Crippen LogP contribution in [0, 0.1) is 12.8 Å². The molecule has 2 aromatic rings. The lowest BCUT2D eigenvalue weighted by Gasteiger charge is -2.52. The Labute approximate surface area is 203 Å². The van der Waals surface area contributed by atoms with Crippen molar-refractivity contribution in [1.29, 1.82) is 0 Å². The molecule has 0 aliphatic carbocycles. The van der Waals surface area contributed by atoms with Crippen LogP contribution in [0.25, 0.3) is 0 Å². The number of amides is 2. The fraction of sp³-hybridized carbons (Fsp3) is 0.500. The zero-order valence-electron chi connectivity index (χ0n) is 20.8. The Bertz CT molecular complexity index is 993. The summed E-state index contributed by atoms with van der Waals surface area (Å²) in [5.41, 5.74) is 2.68. The number of rotatable bonds is 7. The van der Waals surface area contributed by atoms with Crippen LogP contribution in [0.3, 0.4) is 0 Å². The molecule has 6 nitrogen and oxygen atoms in total. The lowest BCUT2D eigenvalue weighted by atomic mass is 9.80. The van der Waals surface area contributed by atoms with Gasteiger partial charge in [0.1, 0.15) is 17.3 Å². The van der Waals surface area contributed by atoms with Gasteiger partial charge in [0.05, 0.1) is 7.11 Å². The number of benzene rings is 2. The minimum atomic E-state index is -0.786. The molecular weight excluding hydrogens is 426 g/mol. The second kappa shape index (κ2) is 10.2. The first-order chi connectivity index (χ1) is 16.3. The molecule has 2 heterocycles. The van der Waals surface area contributed by atoms with Gasteiger partial charge in [-0.15, -0.1) is 0 Å². The molecule has 1 spiro atoms. The molecule has 1 atom stereocenters. The van der Waals surface area contributed by atoms with Crippen LogP contribution in [-0.2, 0) is 22.7 Å². The molecule has 6 heteroatoms. The number of nitrogens with zero attached hydrogens (tertiary/aromatic N) is 2. The second-order valence-corrected chi connectivity index (χ2v) is 10.2. The Morgan fingerprint density at radius 2 is 1.56 bits per heavy atom. The summed E-state index contributed by atoms with van der Waals surface area (Å²) in [6.45, 7) is 9.07. The largest absolute Gasteiger partial charge is 0.497 e. The Hall–Kier alpha value is -2.86. The highest BCUT2D eigenvalue weighted by molar-refractivity contribution is 6.00. The number of aryl methyl sites for hydroxylation is 1. The number of hydrogen-bond donors (Lipinski definition) is 1. The van der Waals surface area contributed by atoms with Gasteiger partial charge >= 0.3 is 0 Å². The number of hydrogen-bond acceptors (Lipinski definition) is 4. The third-order valence-electron chi connectivity index (χ3n) is 7.23. The van der Waals surface area contributed by atoms with Gasteiger partial charge in [0, 0.05) is 26.2 Å². The van der Waals surface area contributed by atoms with Crippen LogP contribution in [0.1, 0.15) is 49.8 Å². The highest BCUT2D eigenvalue weighted by atomic mass is 16.5. The fourth-order valence-electron chi connectivity index (χ4n) is 5.18. The molecule has 0 aromatic heterocycles. The lowest BCUT2D eigenvalue weighted by Crippen LogP contribution is -2.72. The van der Waals surface area contributed by atoms with E-state index in [9.17, 15) is 9.59 Å². The number of carbonyl (C=O) groups excluding carboxylic acids is 2. The number of likely N-dealkylation sites (tertiary alicyclic amines) is 1. The summed E-state index contributed by atoms with van der Waals surface area (Å²) in [5, 5.41) is 3.10. The molecule has 0 radical (unpaired) electrons. The number of carbonyl (C=O) groups is 2. The van der Waals surface area contributed by atoms with E-state index in [0.29, 0.717) is 31.7 Å². The van der Waals surface area contributed by atoms with E-state index >= 15 is 0 Å². The van der Waals surface area contributed by atoms with Gasteiger partial charge in [-0.3, -0.25) is 14.5 Å². The summed E-state index contributed by atoms with van der Waals surface area (Å²) in [6.07, 6.45) is 1.94. The zero-order chi connectivity index (χ0) is 24.3. The van der Waals surface area contributed by atoms with E-state index < -0.39 is 11.6 Å². The molecule has 182 valence electrons. The van der Waals surface area contributed by atoms with Crippen molar-refractivity contribution in [1.82, 2.24) is 15.1 Å². The Kier molecular flexibility index (Phi) is 7.27. The van der Waals surface area contributed by atoms with Crippen LogP contribution in [0.15, 0.2) is 48.5 Å². The van der Waals surface area contributed by atoms with E-state index in [2.05, 4.69) is 67.4 Å². The third-order valence-corrected chi connectivity index (χ3v) is 7.23. The molecule has 0 saturated carbocycles. The lowest BCUT2D eigenvalue weighted by molar-refractivity contribution is -0.162. The van der Waals surface area contributed by atoms with Gasteiger partial charge in [-0.1, -0.05) is 55.8 Å². The molecule has 1 unspecified atom stereocenters. The minimum Gasteiger partial charge on any atom is -0.497 e. The summed E-state index contributed by atoms with van der Waals surface area (Å²) < 4.78 is 5.26. The van der Waals surface area contributed by atoms with Crippen molar-refractivity contribution in [3.05, 3.63) is 65.2 Å². The Morgan fingerprint density at radius 3 is 2.15 bits per heavy atom. The summed E-state index contributed by atoms with van der Waals surface area (Å²) in [5.74, 6) is 1.24. The Morgan fingerprint density at radius 1 is 0.971 bits per heavy atom. The van der Waals surface area contributed by atoms with Crippen LogP contribution >= 0.6 is 0 Å². The number of ether oxygens (including phenoxy) is 1. The van der Waals surface area contributed by atoms with E-state index in [-0.39, 0.29) is 11.8 Å². The first kappa shape index (κ1) is 24.3. The molecule has 4 rings (SSSR count). The number of piperidine rings is 1. The standard InChI is InChI=1S/C28H37N3O3/c1-20(2)17-25-26(32)31(19-23-7-5-21(3)6-8-23)28(27(33)29-25)13-15-30(16-14-28)18-22-9-11-24(34-4)12-10-22/h5-12,20,25H,13-19H2,1-4H3,(H,29,33). The zero-order valence-corrected chi connectivity index (χ0v) is 20.8. The normalized spacial score (nSPS) is 20.6. The molecule has 2 aliphatic rings. The minimum absolute atomic E-state index is 0.00830. The van der Waals surface area contributed by atoms with Gasteiger partial charge in [0.15, 0.2) is 0 Å². The summed E-state index contributed by atoms with van der Waals surface area (Å²) in [7, 11) is 1.67. The molecule has 2 aliphatic heterocycles. The van der Waals surface area contributed by atoms with Gasteiger partial charge in [-0.05, 0) is 55.4 Å². The van der Waals surface area contributed by atoms with Crippen molar-refractivity contribution in [2.45, 2.75) is 64.7 Å². The molecular formula is C28H37N3O3. The van der Waals surface area contributed by atoms with Gasteiger partial charge in [-0.25, -0.2) is 0 Å². The number of nitrogens with one attached hydrogen (secondary N) is 1. The Balaban J connectivity index is 1.52. The van der Waals surface area contributed by atoms with Crippen molar-refractivity contribution in [3.63, 3.8) is 0 Å². The van der Waals surface area contributed by atoms with Gasteiger partial charge in [0.25, 0.3) is 0 Å². The molecule has 2 amide bonds. The van der Waals surface area contributed by atoms with E-state index in [1.54, 1.807) is 7.11 Å². The molecule has 0 bridgehead atoms. The quantitative estimate of drug-likeness (QED) is 0.676. The van der Waals surface area contributed by atoms with E-state index in [0.717, 1.165) is 30.9 Å². The maximum atomic E-state index is 13.7. The fourth-order valence-corrected chi connectivity index (χ4v) is 5.18. The van der Waals surface area contributed by atoms with Crippen molar-refractivity contribution >= 4 is 11.8 Å². The van der Waals surface area contributed by atoms with Crippen LogP contribution < -0.4 is 10.1 Å². The van der Waals surface area contributed by atoms with Crippen molar-refractivity contribution in [2.24, 2.45) is 5.92 Å². The van der Waals surface area contributed by atoms with Crippen LogP contribution in [0.5, 0.6) is 5.75 Å². The van der Waals surface area contributed by atoms with Gasteiger partial charge in [0.2, 0.25) is 11.8 Å². The molecule has 34 heavy (non-hydrogen) atoms. The van der Waals surface area contributed by atoms with Crippen molar-refractivity contribution in [2.75, 3.05) is 20.2 Å². The predicted octanol–water partition coefficient (Wildman–Crippen LogP) is 3.91. The van der Waals surface area contributed by atoms with Crippen molar-refractivity contribution < 1.29 is 14.3 Å². The third kappa shape index (κ3) is 5.12. The highest BCUT2D eigenvalue weighted by Crippen LogP contribution is 2.35. The number of piperazine rings is 1. The molecule has 2 fully saturated rings. The van der Waals surface area contributed by atoms with Gasteiger partial charge < -0.3 is 15.0 Å². The van der Waals surface area contributed by atoms with Gasteiger partial charge in [-0.2, -0.15) is 0 Å². The average molecular weight is 464 g/mol. The number of methoxy groups -OCH3 is 1. The van der Waals surface area contributed by atoms with Crippen LogP contribution in [-0.4, -0.2) is 53.4 Å². The van der Waals surface area contributed by atoms with Crippen LogP contribution in [0.4, 0.5) is 0 Å². The van der Waals surface area contributed by atoms with E-state index in [4.69, 9.17) is 4.74 Å². The maximum Gasteiger partial charge on any atom is 0.246 e. The monoisotopic (exact) mass is 463 g/mol. The summed E-state index contributed by atoms with van der Waals surface area (Å²) >= 11 is 0. The van der Waals surface area contributed by atoms with E-state index in [1.165, 1.54) is 11.1 Å². The summed E-state index contributed by atoms with van der Waals surface area (Å²) in [4.78, 5) is 31.5. The first-order valence-electron chi connectivity index (χ1n) is 12.3. The smallest absolute Gasteiger partial charge is 0.246 e. The average Bonchev–Trinajstić information content (AvgIpc) is 2.83. The topological polar surface area (TPSA) is 61.9 Å². The SMILES string of the molecule is COc1ccc(CN2CCC3(CC2)C(=O)NC(CC(C)C)C(=O)N3Cc2ccc(C)cc2)cc1. The molecule has 1 N–H and O–H groups in total. The van der Waals surface area contributed by atoms with Crippen molar-refractivity contribution in [3.8, 4) is 5.75 Å². The predicted molar refractivity (Wildman–Crippen MR) is 133 cm³/mol.